The summed E-state index contributed by atoms with van der Waals surface area (Å²) >= 11 is 4.41. The molecule has 130 valence electrons. The van der Waals surface area contributed by atoms with Crippen molar-refractivity contribution in [2.75, 3.05) is 12.9 Å². The summed E-state index contributed by atoms with van der Waals surface area (Å²) in [6.45, 7) is 9.88. The van der Waals surface area contributed by atoms with Crippen LogP contribution in [0, 0.1) is 6.92 Å². The number of ether oxygens (including phenoxy) is 1. The number of carbonyl (C=O) groups excluding carboxylic acids is 1. The first kappa shape index (κ1) is 19.0. The smallest absolute Gasteiger partial charge is 0.464 e. The molecule has 0 aromatic carbocycles. The average Bonchev–Trinajstić information content (AvgIpc) is 2.72. The van der Waals surface area contributed by atoms with Crippen LogP contribution in [0.3, 0.4) is 0 Å². The number of hydrogen-bond donors (Lipinski definition) is 1. The molecule has 0 spiro atoms. The molecule has 1 saturated heterocycles. The molecule has 24 heavy (non-hydrogen) atoms. The number of thiol groups is 1. The van der Waals surface area contributed by atoms with E-state index in [0.717, 1.165) is 16.6 Å². The van der Waals surface area contributed by atoms with E-state index in [-0.39, 0.29) is 0 Å². The monoisotopic (exact) mass is 349 g/mol. The molecule has 5 nitrogen and oxygen atoms in total. The van der Waals surface area contributed by atoms with Gasteiger partial charge in [-0.3, -0.25) is 0 Å². The van der Waals surface area contributed by atoms with Crippen LogP contribution in [-0.2, 0) is 14.0 Å². The number of hydrogen-bond acceptors (Lipinski definition) is 6. The van der Waals surface area contributed by atoms with Crippen molar-refractivity contribution in [1.29, 1.82) is 0 Å². The summed E-state index contributed by atoms with van der Waals surface area (Å²) in [4.78, 5) is 15.8. The Balaban J connectivity index is 2.29. The van der Waals surface area contributed by atoms with E-state index < -0.39 is 24.3 Å². The zero-order chi connectivity index (χ0) is 18.1. The molecule has 1 aromatic heterocycles. The Morgan fingerprint density at radius 2 is 1.92 bits per heavy atom. The van der Waals surface area contributed by atoms with Crippen molar-refractivity contribution in [3.63, 3.8) is 0 Å². The minimum atomic E-state index is -0.451. The van der Waals surface area contributed by atoms with Gasteiger partial charge in [0.25, 0.3) is 0 Å². The van der Waals surface area contributed by atoms with E-state index in [0.29, 0.717) is 11.4 Å². The lowest BCUT2D eigenvalue weighted by Crippen LogP contribution is -2.41. The first-order chi connectivity index (χ1) is 11.1. The molecule has 0 atom stereocenters. The van der Waals surface area contributed by atoms with Gasteiger partial charge in [-0.2, -0.15) is 12.6 Å². The summed E-state index contributed by atoms with van der Waals surface area (Å²) in [5.41, 5.74) is 2.04. The van der Waals surface area contributed by atoms with E-state index in [4.69, 9.17) is 14.0 Å². The summed E-state index contributed by atoms with van der Waals surface area (Å²) in [7, 11) is 0.891. The van der Waals surface area contributed by atoms with Crippen molar-refractivity contribution < 1.29 is 18.8 Å². The van der Waals surface area contributed by atoms with Gasteiger partial charge in [-0.1, -0.05) is 6.08 Å². The fraction of sp³-hybridized carbons (Fsp3) is 0.529. The van der Waals surface area contributed by atoms with Crippen molar-refractivity contribution in [2.45, 2.75) is 45.8 Å². The van der Waals surface area contributed by atoms with Gasteiger partial charge in [-0.25, -0.2) is 9.78 Å². The molecule has 1 aliphatic heterocycles. The van der Waals surface area contributed by atoms with Gasteiger partial charge in [-0.05, 0) is 57.3 Å². The van der Waals surface area contributed by atoms with Gasteiger partial charge in [0.2, 0.25) is 0 Å². The summed E-state index contributed by atoms with van der Waals surface area (Å²) < 4.78 is 16.8. The fourth-order valence-electron chi connectivity index (χ4n) is 2.38. The largest absolute Gasteiger partial charge is 0.491 e. The van der Waals surface area contributed by atoms with Crippen LogP contribution in [0.2, 0.25) is 0 Å². The van der Waals surface area contributed by atoms with Gasteiger partial charge in [0, 0.05) is 11.9 Å². The molecule has 0 N–H and O–H groups in total. The van der Waals surface area contributed by atoms with E-state index in [1.807, 2.05) is 46.8 Å². The maximum absolute atomic E-state index is 11.6. The molecular weight excluding hydrogens is 325 g/mol. The van der Waals surface area contributed by atoms with Crippen molar-refractivity contribution >= 4 is 31.8 Å². The first-order valence-electron chi connectivity index (χ1n) is 7.83. The fourth-order valence-corrected chi connectivity index (χ4v) is 2.62. The molecule has 0 saturated carbocycles. The molecule has 7 heteroatoms. The number of methoxy groups -OCH3 is 1. The lowest BCUT2D eigenvalue weighted by Gasteiger charge is -2.32. The lowest BCUT2D eigenvalue weighted by molar-refractivity contribution is 0.00578. The van der Waals surface area contributed by atoms with E-state index in [1.54, 1.807) is 6.20 Å². The number of esters is 1. The average molecular weight is 349 g/mol. The van der Waals surface area contributed by atoms with Gasteiger partial charge in [0.15, 0.2) is 5.69 Å². The Bertz CT molecular complexity index is 657. The maximum Gasteiger partial charge on any atom is 0.491 e. The molecule has 0 bridgehead atoms. The molecule has 1 aliphatic rings. The standard InChI is InChI=1S/C17H24BNO4S/c1-11-7-12(9-19-14(11)15(20)21-6)8-13(10-24)18-22-16(2,3)17(4,5)23-18/h7-9,24H,10H2,1-6H3. The predicted octanol–water partition coefficient (Wildman–Crippen LogP) is 3.12. The number of aryl methyl sites for hydroxylation is 1. The van der Waals surface area contributed by atoms with Gasteiger partial charge < -0.3 is 14.0 Å². The first-order valence-corrected chi connectivity index (χ1v) is 8.46. The second-order valence-corrected chi connectivity index (χ2v) is 7.21. The molecule has 0 radical (unpaired) electrons. The third kappa shape index (κ3) is 3.68. The third-order valence-electron chi connectivity index (χ3n) is 4.57. The maximum atomic E-state index is 11.6. The SMILES string of the molecule is COC(=O)c1ncc(C=C(CS)B2OC(C)(C)C(C)(C)O2)cc1C. The Labute approximate surface area is 149 Å². The molecule has 2 rings (SSSR count). The van der Waals surface area contributed by atoms with Gasteiger partial charge >= 0.3 is 13.1 Å². The van der Waals surface area contributed by atoms with E-state index in [2.05, 4.69) is 17.6 Å². The van der Waals surface area contributed by atoms with Crippen LogP contribution in [0.1, 0.15) is 49.3 Å². The molecule has 0 aliphatic carbocycles. The number of nitrogens with zero attached hydrogens (tertiary/aromatic N) is 1. The number of rotatable bonds is 4. The Kier molecular flexibility index (Phi) is 5.47. The van der Waals surface area contributed by atoms with Crippen LogP contribution in [0.4, 0.5) is 0 Å². The van der Waals surface area contributed by atoms with E-state index in [1.165, 1.54) is 7.11 Å². The number of aromatic nitrogens is 1. The third-order valence-corrected chi connectivity index (χ3v) is 4.93. The van der Waals surface area contributed by atoms with Crippen LogP contribution >= 0.6 is 12.6 Å². The Morgan fingerprint density at radius 3 is 2.38 bits per heavy atom. The minimum absolute atomic E-state index is 0.317. The Hall–Kier alpha value is -1.31. The number of carbonyl (C=O) groups is 1. The van der Waals surface area contributed by atoms with Gasteiger partial charge in [0.05, 0.1) is 18.3 Å². The summed E-state index contributed by atoms with van der Waals surface area (Å²) in [5.74, 6) is 0.0534. The zero-order valence-corrected chi connectivity index (χ0v) is 15.9. The second kappa shape index (κ2) is 6.90. The van der Waals surface area contributed by atoms with Crippen molar-refractivity contribution in [1.82, 2.24) is 4.98 Å². The van der Waals surface area contributed by atoms with Crippen LogP contribution in [0.15, 0.2) is 17.7 Å². The highest BCUT2D eigenvalue weighted by molar-refractivity contribution is 7.80. The molecule has 0 amide bonds. The highest BCUT2D eigenvalue weighted by Crippen LogP contribution is 2.39. The van der Waals surface area contributed by atoms with Crippen LogP contribution in [-0.4, -0.2) is 42.1 Å². The topological polar surface area (TPSA) is 57.7 Å². The summed E-state index contributed by atoms with van der Waals surface area (Å²) in [6, 6.07) is 1.88. The van der Waals surface area contributed by atoms with Crippen molar-refractivity contribution in [3.8, 4) is 0 Å². The normalized spacial score (nSPS) is 19.5. The predicted molar refractivity (Wildman–Crippen MR) is 98.2 cm³/mol. The summed E-state index contributed by atoms with van der Waals surface area (Å²) in [5, 5.41) is 0. The highest BCUT2D eigenvalue weighted by atomic mass is 32.1. The van der Waals surface area contributed by atoms with Crippen LogP contribution < -0.4 is 0 Å². The molecular formula is C17H24BNO4S. The zero-order valence-electron chi connectivity index (χ0n) is 15.0. The molecule has 1 aromatic rings. The number of pyridine rings is 1. The molecule has 2 heterocycles. The van der Waals surface area contributed by atoms with Crippen molar-refractivity contribution in [2.24, 2.45) is 0 Å². The van der Waals surface area contributed by atoms with Gasteiger partial charge in [0.1, 0.15) is 0 Å². The second-order valence-electron chi connectivity index (χ2n) is 6.89. The quantitative estimate of drug-likeness (QED) is 0.514. The highest BCUT2D eigenvalue weighted by Gasteiger charge is 2.52. The minimum Gasteiger partial charge on any atom is -0.464 e. The lowest BCUT2D eigenvalue weighted by atomic mass is 9.78. The van der Waals surface area contributed by atoms with Crippen molar-refractivity contribution in [3.05, 3.63) is 34.6 Å². The molecule has 0 unspecified atom stereocenters. The van der Waals surface area contributed by atoms with E-state index in [9.17, 15) is 4.79 Å². The van der Waals surface area contributed by atoms with Crippen LogP contribution in [0.25, 0.3) is 6.08 Å². The summed E-state index contributed by atoms with van der Waals surface area (Å²) in [6.07, 6.45) is 3.57. The van der Waals surface area contributed by atoms with Crippen LogP contribution in [0.5, 0.6) is 0 Å². The Morgan fingerprint density at radius 1 is 1.33 bits per heavy atom. The molecule has 1 fully saturated rings. The van der Waals surface area contributed by atoms with Gasteiger partial charge in [-0.15, -0.1) is 0 Å². The van der Waals surface area contributed by atoms with E-state index >= 15 is 0 Å².